The molecule has 0 unspecified atom stereocenters. The molecule has 1 saturated heterocycles. The molecule has 1 rings (SSSR count). The highest BCUT2D eigenvalue weighted by Crippen LogP contribution is 2.11. The molecule has 0 aliphatic carbocycles. The molecule has 4 nitrogen and oxygen atoms in total. The SMILES string of the molecule is CC(C)N(CCC#N)C(=O)[C@@H]1CCCN1. The van der Waals surface area contributed by atoms with Crippen molar-refractivity contribution in [1.82, 2.24) is 10.2 Å². The van der Waals surface area contributed by atoms with Crippen LogP contribution in [0.5, 0.6) is 0 Å². The average molecular weight is 209 g/mol. The van der Waals surface area contributed by atoms with E-state index in [-0.39, 0.29) is 18.0 Å². The van der Waals surface area contributed by atoms with Crippen LogP contribution in [0.25, 0.3) is 0 Å². The zero-order valence-corrected chi connectivity index (χ0v) is 9.49. The van der Waals surface area contributed by atoms with Crippen LogP contribution in [0.4, 0.5) is 0 Å². The van der Waals surface area contributed by atoms with Gasteiger partial charge in [0.05, 0.1) is 18.5 Å². The second-order valence-electron chi connectivity index (χ2n) is 4.18. The Morgan fingerprint density at radius 3 is 2.87 bits per heavy atom. The predicted octanol–water partition coefficient (Wildman–Crippen LogP) is 0.889. The fraction of sp³-hybridized carbons (Fsp3) is 0.818. The largest absolute Gasteiger partial charge is 0.338 e. The number of carbonyl (C=O) groups excluding carboxylic acids is 1. The van der Waals surface area contributed by atoms with Crippen LogP contribution in [0.3, 0.4) is 0 Å². The summed E-state index contributed by atoms with van der Waals surface area (Å²) in [6, 6.07) is 2.24. The Morgan fingerprint density at radius 2 is 2.40 bits per heavy atom. The van der Waals surface area contributed by atoms with Gasteiger partial charge >= 0.3 is 0 Å². The maximum absolute atomic E-state index is 12.0. The summed E-state index contributed by atoms with van der Waals surface area (Å²) in [4.78, 5) is 13.8. The van der Waals surface area contributed by atoms with Crippen LogP contribution >= 0.6 is 0 Å². The molecule has 1 amide bonds. The lowest BCUT2D eigenvalue weighted by Crippen LogP contribution is -2.47. The zero-order chi connectivity index (χ0) is 11.3. The van der Waals surface area contributed by atoms with Gasteiger partial charge in [0, 0.05) is 12.6 Å². The van der Waals surface area contributed by atoms with Crippen molar-refractivity contribution in [3.63, 3.8) is 0 Å². The number of amides is 1. The van der Waals surface area contributed by atoms with E-state index in [0.717, 1.165) is 19.4 Å². The van der Waals surface area contributed by atoms with Crippen molar-refractivity contribution in [1.29, 1.82) is 5.26 Å². The fourth-order valence-electron chi connectivity index (χ4n) is 1.89. The first-order valence-corrected chi connectivity index (χ1v) is 5.57. The first kappa shape index (κ1) is 12.0. The van der Waals surface area contributed by atoms with E-state index in [2.05, 4.69) is 11.4 Å². The molecule has 1 heterocycles. The maximum Gasteiger partial charge on any atom is 0.239 e. The van der Waals surface area contributed by atoms with Crippen LogP contribution in [0.15, 0.2) is 0 Å². The molecule has 0 bridgehead atoms. The van der Waals surface area contributed by atoms with E-state index in [1.54, 1.807) is 4.90 Å². The lowest BCUT2D eigenvalue weighted by Gasteiger charge is -2.28. The summed E-state index contributed by atoms with van der Waals surface area (Å²) in [7, 11) is 0. The zero-order valence-electron chi connectivity index (χ0n) is 9.49. The third kappa shape index (κ3) is 3.21. The monoisotopic (exact) mass is 209 g/mol. The summed E-state index contributed by atoms with van der Waals surface area (Å²) in [5, 5.41) is 11.7. The Labute approximate surface area is 91.2 Å². The summed E-state index contributed by atoms with van der Waals surface area (Å²) in [5.74, 6) is 0.151. The highest BCUT2D eigenvalue weighted by molar-refractivity contribution is 5.82. The third-order valence-corrected chi connectivity index (χ3v) is 2.73. The molecule has 0 radical (unpaired) electrons. The minimum absolute atomic E-state index is 0.0221. The number of hydrogen-bond acceptors (Lipinski definition) is 3. The number of rotatable bonds is 4. The number of carbonyl (C=O) groups is 1. The highest BCUT2D eigenvalue weighted by Gasteiger charge is 2.27. The predicted molar refractivity (Wildman–Crippen MR) is 58.1 cm³/mol. The van der Waals surface area contributed by atoms with Gasteiger partial charge in [-0.05, 0) is 33.2 Å². The molecule has 1 N–H and O–H groups in total. The second-order valence-corrected chi connectivity index (χ2v) is 4.18. The quantitative estimate of drug-likeness (QED) is 0.748. The van der Waals surface area contributed by atoms with Crippen molar-refractivity contribution in [2.45, 2.75) is 45.2 Å². The number of nitrogens with one attached hydrogen (secondary N) is 1. The summed E-state index contributed by atoms with van der Waals surface area (Å²) in [6.07, 6.45) is 2.41. The lowest BCUT2D eigenvalue weighted by atomic mass is 10.1. The summed E-state index contributed by atoms with van der Waals surface area (Å²) >= 11 is 0. The van der Waals surface area contributed by atoms with Gasteiger partial charge < -0.3 is 10.2 Å². The summed E-state index contributed by atoms with van der Waals surface area (Å²) in [5.41, 5.74) is 0. The van der Waals surface area contributed by atoms with E-state index in [9.17, 15) is 4.79 Å². The van der Waals surface area contributed by atoms with E-state index in [1.807, 2.05) is 13.8 Å². The summed E-state index contributed by atoms with van der Waals surface area (Å²) < 4.78 is 0. The van der Waals surface area contributed by atoms with Gasteiger partial charge in [-0.25, -0.2) is 0 Å². The van der Waals surface area contributed by atoms with Crippen molar-refractivity contribution in [3.05, 3.63) is 0 Å². The van der Waals surface area contributed by atoms with Crippen molar-refractivity contribution in [3.8, 4) is 6.07 Å². The van der Waals surface area contributed by atoms with Gasteiger partial charge in [-0.2, -0.15) is 5.26 Å². The Bertz CT molecular complexity index is 251. The molecule has 84 valence electrons. The van der Waals surface area contributed by atoms with Gasteiger partial charge in [-0.1, -0.05) is 0 Å². The Kier molecular flexibility index (Phi) is 4.57. The topological polar surface area (TPSA) is 56.1 Å². The molecule has 1 aliphatic rings. The van der Waals surface area contributed by atoms with Crippen LogP contribution in [-0.4, -0.2) is 36.0 Å². The molecule has 0 aromatic heterocycles. The summed E-state index contributed by atoms with van der Waals surface area (Å²) in [6.45, 7) is 5.46. The first-order chi connectivity index (χ1) is 7.16. The van der Waals surface area contributed by atoms with Gasteiger partial charge in [-0.15, -0.1) is 0 Å². The lowest BCUT2D eigenvalue weighted by molar-refractivity contribution is -0.134. The van der Waals surface area contributed by atoms with Crippen LogP contribution in [0.1, 0.15) is 33.1 Å². The molecule has 0 saturated carbocycles. The van der Waals surface area contributed by atoms with Gasteiger partial charge in [-0.3, -0.25) is 4.79 Å². The molecule has 0 aromatic carbocycles. The van der Waals surface area contributed by atoms with Gasteiger partial charge in [0.15, 0.2) is 0 Å². The molecule has 0 spiro atoms. The van der Waals surface area contributed by atoms with E-state index in [0.29, 0.717) is 13.0 Å². The van der Waals surface area contributed by atoms with Crippen LogP contribution in [-0.2, 0) is 4.79 Å². The normalized spacial score (nSPS) is 20.3. The molecule has 0 aromatic rings. The standard InChI is InChI=1S/C11H19N3O/c1-9(2)14(8-4-6-12)11(15)10-5-3-7-13-10/h9-10,13H,3-5,7-8H2,1-2H3/t10-/m0/s1. The van der Waals surface area contributed by atoms with Gasteiger partial charge in [0.2, 0.25) is 5.91 Å². The number of hydrogen-bond donors (Lipinski definition) is 1. The molecule has 1 fully saturated rings. The minimum Gasteiger partial charge on any atom is -0.338 e. The molecular formula is C11H19N3O. The highest BCUT2D eigenvalue weighted by atomic mass is 16.2. The van der Waals surface area contributed by atoms with Gasteiger partial charge in [0.25, 0.3) is 0 Å². The third-order valence-electron chi connectivity index (χ3n) is 2.73. The second kappa shape index (κ2) is 5.72. The van der Waals surface area contributed by atoms with Gasteiger partial charge in [0.1, 0.15) is 0 Å². The van der Waals surface area contributed by atoms with Crippen molar-refractivity contribution in [2.75, 3.05) is 13.1 Å². The number of nitrogens with zero attached hydrogens (tertiary/aromatic N) is 2. The van der Waals surface area contributed by atoms with E-state index < -0.39 is 0 Å². The van der Waals surface area contributed by atoms with Crippen molar-refractivity contribution >= 4 is 5.91 Å². The van der Waals surface area contributed by atoms with E-state index in [1.165, 1.54) is 0 Å². The molecule has 1 aliphatic heterocycles. The van der Waals surface area contributed by atoms with Crippen LogP contribution in [0.2, 0.25) is 0 Å². The van der Waals surface area contributed by atoms with E-state index in [4.69, 9.17) is 5.26 Å². The Hall–Kier alpha value is -1.08. The van der Waals surface area contributed by atoms with Crippen molar-refractivity contribution < 1.29 is 4.79 Å². The van der Waals surface area contributed by atoms with Crippen molar-refractivity contribution in [2.24, 2.45) is 0 Å². The van der Waals surface area contributed by atoms with Crippen LogP contribution in [0, 0.1) is 11.3 Å². The smallest absolute Gasteiger partial charge is 0.239 e. The van der Waals surface area contributed by atoms with Crippen LogP contribution < -0.4 is 5.32 Å². The molecule has 1 atom stereocenters. The Morgan fingerprint density at radius 1 is 1.67 bits per heavy atom. The minimum atomic E-state index is -0.0221. The fourth-order valence-corrected chi connectivity index (χ4v) is 1.89. The number of nitriles is 1. The molecule has 4 heteroatoms. The molecular weight excluding hydrogens is 190 g/mol. The molecule has 15 heavy (non-hydrogen) atoms. The first-order valence-electron chi connectivity index (χ1n) is 5.57. The average Bonchev–Trinajstić information content (AvgIpc) is 2.70. The Balaban J connectivity index is 2.54. The van der Waals surface area contributed by atoms with E-state index >= 15 is 0 Å². The maximum atomic E-state index is 12.0.